The number of halogens is 1. The Morgan fingerprint density at radius 3 is 2.70 bits per heavy atom. The second-order valence-corrected chi connectivity index (χ2v) is 8.99. The van der Waals surface area contributed by atoms with E-state index < -0.39 is 6.10 Å². The Balaban J connectivity index is 1.31. The molecule has 0 unspecified atom stereocenters. The molecule has 1 amide bonds. The van der Waals surface area contributed by atoms with Crippen LogP contribution < -0.4 is 5.32 Å². The number of nitrogens with one attached hydrogen (secondary N) is 1. The van der Waals surface area contributed by atoms with Crippen molar-refractivity contribution in [2.75, 3.05) is 7.05 Å². The lowest BCUT2D eigenvalue weighted by molar-refractivity contribution is 0.0783. The second kappa shape index (κ2) is 10.4. The van der Waals surface area contributed by atoms with Gasteiger partial charge in [-0.15, -0.1) is 0 Å². The minimum atomic E-state index is -0.622. The predicted molar refractivity (Wildman–Crippen MR) is 127 cm³/mol. The summed E-state index contributed by atoms with van der Waals surface area (Å²) >= 11 is 6.01. The molecule has 33 heavy (non-hydrogen) atoms. The monoisotopic (exact) mass is 465 g/mol. The summed E-state index contributed by atoms with van der Waals surface area (Å²) in [4.78, 5) is 26.8. The smallest absolute Gasteiger partial charge is 0.253 e. The van der Waals surface area contributed by atoms with Gasteiger partial charge in [0.2, 0.25) is 0 Å². The van der Waals surface area contributed by atoms with Crippen LogP contribution in [0.1, 0.15) is 51.7 Å². The van der Waals surface area contributed by atoms with E-state index in [9.17, 15) is 9.90 Å². The Morgan fingerprint density at radius 1 is 1.21 bits per heavy atom. The van der Waals surface area contributed by atoms with Crippen LogP contribution in [0.25, 0.3) is 0 Å². The number of carbonyl (C=O) groups is 1. The first kappa shape index (κ1) is 23.3. The third kappa shape index (κ3) is 5.74. The quantitative estimate of drug-likeness (QED) is 0.519. The van der Waals surface area contributed by atoms with Crippen LogP contribution in [0.4, 0.5) is 0 Å². The van der Waals surface area contributed by atoms with Gasteiger partial charge in [-0.2, -0.15) is 0 Å². The van der Waals surface area contributed by atoms with Crippen molar-refractivity contribution in [3.8, 4) is 0 Å². The average molecular weight is 466 g/mol. The fourth-order valence-corrected chi connectivity index (χ4v) is 4.35. The zero-order chi connectivity index (χ0) is 23.4. The van der Waals surface area contributed by atoms with E-state index in [4.69, 9.17) is 11.6 Å². The number of aromatic nitrogens is 3. The minimum absolute atomic E-state index is 0.0204. The van der Waals surface area contributed by atoms with Crippen molar-refractivity contribution in [2.45, 2.75) is 50.9 Å². The lowest BCUT2D eigenvalue weighted by Crippen LogP contribution is -2.35. The molecule has 3 heterocycles. The molecule has 0 bridgehead atoms. The molecule has 1 aromatic carbocycles. The maximum Gasteiger partial charge on any atom is 0.253 e. The van der Waals surface area contributed by atoms with Crippen LogP contribution in [0, 0.1) is 6.92 Å². The largest absolute Gasteiger partial charge is 0.387 e. The van der Waals surface area contributed by atoms with Gasteiger partial charge in [-0.3, -0.25) is 14.8 Å². The van der Waals surface area contributed by atoms with Crippen molar-refractivity contribution < 1.29 is 9.90 Å². The van der Waals surface area contributed by atoms with E-state index in [2.05, 4.69) is 20.3 Å². The predicted octanol–water partition coefficient (Wildman–Crippen LogP) is 3.50. The number of aliphatic hydroxyl groups is 1. The number of pyridine rings is 1. The summed E-state index contributed by atoms with van der Waals surface area (Å²) in [5, 5.41) is 14.8. The number of nitrogens with zero attached hydrogens (tertiary/aromatic N) is 4. The van der Waals surface area contributed by atoms with Crippen molar-refractivity contribution in [3.63, 3.8) is 0 Å². The van der Waals surface area contributed by atoms with Gasteiger partial charge in [0.15, 0.2) is 0 Å². The van der Waals surface area contributed by atoms with Crippen molar-refractivity contribution >= 4 is 17.5 Å². The molecule has 0 spiro atoms. The van der Waals surface area contributed by atoms with Crippen LogP contribution in [0.15, 0.2) is 55.1 Å². The van der Waals surface area contributed by atoms with Crippen LogP contribution in [-0.4, -0.2) is 50.0 Å². The Kier molecular flexibility index (Phi) is 7.33. The number of benzene rings is 1. The topological polar surface area (TPSA) is 91.2 Å². The number of aryl methyl sites for hydroxylation is 1. The zero-order valence-corrected chi connectivity index (χ0v) is 19.5. The molecule has 1 fully saturated rings. The number of aliphatic hydroxyl groups excluding tert-OH is 1. The lowest BCUT2D eigenvalue weighted by atomic mass is 10.0. The normalized spacial score (nSPS) is 18.8. The molecule has 0 radical (unpaired) electrons. The van der Waals surface area contributed by atoms with Crippen molar-refractivity contribution in [2.24, 2.45) is 0 Å². The zero-order valence-electron chi connectivity index (χ0n) is 18.8. The molecule has 3 atom stereocenters. The Bertz CT molecular complexity index is 1090. The van der Waals surface area contributed by atoms with E-state index >= 15 is 0 Å². The molecule has 2 N–H and O–H groups in total. The molecule has 3 aromatic rings. The first-order chi connectivity index (χ1) is 15.9. The SMILES string of the molecule is Cc1cc([C@@H](O)[C@H]2CC[C@@H](Cc3ccc(C(=O)N(C)Cc4cnccn4)cc3)N2)cnc1Cl. The van der Waals surface area contributed by atoms with Crippen molar-refractivity contribution in [1.82, 2.24) is 25.2 Å². The Morgan fingerprint density at radius 2 is 2.00 bits per heavy atom. The van der Waals surface area contributed by atoms with Crippen LogP contribution >= 0.6 is 11.6 Å². The van der Waals surface area contributed by atoms with E-state index in [-0.39, 0.29) is 18.0 Å². The van der Waals surface area contributed by atoms with Crippen molar-refractivity contribution in [1.29, 1.82) is 0 Å². The van der Waals surface area contributed by atoms with Crippen LogP contribution in [0.2, 0.25) is 5.15 Å². The maximum atomic E-state index is 12.7. The van der Waals surface area contributed by atoms with Crippen LogP contribution in [0.3, 0.4) is 0 Å². The standard InChI is InChI=1S/C25H28ClN5O2/c1-16-11-19(13-29-24(16)26)23(32)22-8-7-20(30-22)12-17-3-5-18(6-4-17)25(33)31(2)15-21-14-27-9-10-28-21/h3-6,9-11,13-14,20,22-23,30,32H,7-8,12,15H2,1-2H3/t20-,22+,23+/m0/s1. The number of rotatable bonds is 7. The van der Waals surface area contributed by atoms with Gasteiger partial charge in [0, 0.05) is 48.8 Å². The number of carbonyl (C=O) groups excluding carboxylic acids is 1. The molecule has 1 aliphatic heterocycles. The van der Waals surface area contributed by atoms with Gasteiger partial charge in [0.05, 0.1) is 24.5 Å². The highest BCUT2D eigenvalue weighted by Crippen LogP contribution is 2.28. The van der Waals surface area contributed by atoms with E-state index in [1.165, 1.54) is 0 Å². The van der Waals surface area contributed by atoms with Gasteiger partial charge in [-0.25, -0.2) is 4.98 Å². The molecular weight excluding hydrogens is 438 g/mol. The highest BCUT2D eigenvalue weighted by Gasteiger charge is 2.30. The molecule has 8 heteroatoms. The highest BCUT2D eigenvalue weighted by atomic mass is 35.5. The Hall–Kier alpha value is -2.87. The third-order valence-corrected chi connectivity index (χ3v) is 6.48. The number of hydrogen-bond acceptors (Lipinski definition) is 6. The summed E-state index contributed by atoms with van der Waals surface area (Å²) in [5.41, 5.74) is 4.19. The maximum absolute atomic E-state index is 12.7. The van der Waals surface area contributed by atoms with E-state index in [1.54, 1.807) is 36.7 Å². The summed E-state index contributed by atoms with van der Waals surface area (Å²) < 4.78 is 0. The molecule has 4 rings (SSSR count). The lowest BCUT2D eigenvalue weighted by Gasteiger charge is -2.21. The van der Waals surface area contributed by atoms with Crippen LogP contribution in [0.5, 0.6) is 0 Å². The molecule has 172 valence electrons. The summed E-state index contributed by atoms with van der Waals surface area (Å²) in [5.74, 6) is -0.0544. The summed E-state index contributed by atoms with van der Waals surface area (Å²) in [7, 11) is 1.76. The third-order valence-electron chi connectivity index (χ3n) is 6.08. The molecule has 0 aliphatic carbocycles. The number of amides is 1. The van der Waals surface area contributed by atoms with Crippen LogP contribution in [-0.2, 0) is 13.0 Å². The van der Waals surface area contributed by atoms with Gasteiger partial charge < -0.3 is 15.3 Å². The summed E-state index contributed by atoms with van der Waals surface area (Å²) in [6.45, 7) is 2.30. The number of hydrogen-bond donors (Lipinski definition) is 2. The van der Waals surface area contributed by atoms with Gasteiger partial charge >= 0.3 is 0 Å². The molecule has 1 saturated heterocycles. The molecule has 2 aromatic heterocycles. The molecular formula is C25H28ClN5O2. The van der Waals surface area contributed by atoms with Crippen molar-refractivity contribution in [3.05, 3.63) is 88.2 Å². The van der Waals surface area contributed by atoms with Gasteiger partial charge in [0.1, 0.15) is 5.15 Å². The van der Waals surface area contributed by atoms with E-state index in [1.807, 2.05) is 37.3 Å². The average Bonchev–Trinajstić information content (AvgIpc) is 3.29. The van der Waals surface area contributed by atoms with E-state index in [0.29, 0.717) is 17.3 Å². The van der Waals surface area contributed by atoms with E-state index in [0.717, 1.165) is 41.6 Å². The highest BCUT2D eigenvalue weighted by molar-refractivity contribution is 6.30. The van der Waals surface area contributed by atoms with Gasteiger partial charge in [-0.05, 0) is 55.5 Å². The fraction of sp³-hybridized carbons (Fsp3) is 0.360. The first-order valence-electron chi connectivity index (χ1n) is 11.1. The fourth-order valence-electron chi connectivity index (χ4n) is 4.25. The Labute approximate surface area is 198 Å². The van der Waals surface area contributed by atoms with Gasteiger partial charge in [0.25, 0.3) is 5.91 Å². The second-order valence-electron chi connectivity index (χ2n) is 8.63. The summed E-state index contributed by atoms with van der Waals surface area (Å²) in [6, 6.07) is 9.89. The molecule has 1 aliphatic rings. The molecule has 7 nitrogen and oxygen atoms in total. The minimum Gasteiger partial charge on any atom is -0.387 e. The first-order valence-corrected chi connectivity index (χ1v) is 11.4. The summed E-state index contributed by atoms with van der Waals surface area (Å²) in [6.07, 6.45) is 8.62. The van der Waals surface area contributed by atoms with Gasteiger partial charge in [-0.1, -0.05) is 23.7 Å². The molecule has 0 saturated carbocycles.